The molecular weight excluding hydrogens is 402 g/mol. The number of nitrogens with one attached hydrogen (secondary N) is 3. The van der Waals surface area contributed by atoms with Crippen LogP contribution in [0.5, 0.6) is 0 Å². The standard InChI is InChI=1S/C22H28ClN5O2/c23-18-14-26-21(28-22(29)15-5-4-9-24-12-15)11-17(18)19-7-3-8-20(27-19)25-13-16-6-1-2-10-30-16/h3,7-8,11,14-16,24H,1-2,4-6,9-10,12-13H2,(H,25,27)(H,26,28,29)/t15?,16-/m1/s1. The molecule has 160 valence electrons. The minimum Gasteiger partial charge on any atom is -0.376 e. The maximum Gasteiger partial charge on any atom is 0.229 e. The maximum atomic E-state index is 12.5. The maximum absolute atomic E-state index is 12.5. The molecule has 1 amide bonds. The van der Waals surface area contributed by atoms with Gasteiger partial charge in [0.25, 0.3) is 0 Å². The lowest BCUT2D eigenvalue weighted by molar-refractivity contribution is -0.120. The number of carbonyl (C=O) groups excluding carboxylic acids is 1. The molecule has 0 aliphatic carbocycles. The van der Waals surface area contributed by atoms with E-state index in [0.717, 1.165) is 62.5 Å². The third-order valence-electron chi connectivity index (χ3n) is 5.58. The van der Waals surface area contributed by atoms with Crippen LogP contribution < -0.4 is 16.0 Å². The van der Waals surface area contributed by atoms with Crippen LogP contribution in [0.3, 0.4) is 0 Å². The summed E-state index contributed by atoms with van der Waals surface area (Å²) in [6, 6.07) is 7.56. The van der Waals surface area contributed by atoms with Crippen molar-refractivity contribution >= 4 is 29.1 Å². The lowest BCUT2D eigenvalue weighted by Crippen LogP contribution is -2.37. The average Bonchev–Trinajstić information content (AvgIpc) is 2.80. The van der Waals surface area contributed by atoms with Crippen LogP contribution in [0.25, 0.3) is 11.3 Å². The molecule has 2 aliphatic rings. The highest BCUT2D eigenvalue weighted by molar-refractivity contribution is 6.33. The molecule has 0 saturated carbocycles. The Balaban J connectivity index is 1.45. The average molecular weight is 430 g/mol. The van der Waals surface area contributed by atoms with Crippen LogP contribution in [-0.4, -0.2) is 48.2 Å². The summed E-state index contributed by atoms with van der Waals surface area (Å²) >= 11 is 6.40. The Morgan fingerprint density at radius 1 is 1.23 bits per heavy atom. The minimum absolute atomic E-state index is 0.0150. The first-order chi connectivity index (χ1) is 14.7. The summed E-state index contributed by atoms with van der Waals surface area (Å²) in [6.07, 6.45) is 7.10. The lowest BCUT2D eigenvalue weighted by atomic mass is 9.99. The van der Waals surface area contributed by atoms with E-state index in [1.54, 1.807) is 12.3 Å². The van der Waals surface area contributed by atoms with E-state index in [4.69, 9.17) is 21.3 Å². The number of amides is 1. The van der Waals surface area contributed by atoms with E-state index in [1.807, 2.05) is 18.2 Å². The van der Waals surface area contributed by atoms with Crippen molar-refractivity contribution in [1.29, 1.82) is 0 Å². The van der Waals surface area contributed by atoms with Gasteiger partial charge in [-0.3, -0.25) is 4.79 Å². The molecule has 2 saturated heterocycles. The zero-order valence-electron chi connectivity index (χ0n) is 17.0. The van der Waals surface area contributed by atoms with Crippen molar-refractivity contribution in [2.75, 3.05) is 36.9 Å². The topological polar surface area (TPSA) is 88.2 Å². The van der Waals surface area contributed by atoms with Crippen LogP contribution in [0.1, 0.15) is 32.1 Å². The number of ether oxygens (including phenoxy) is 1. The van der Waals surface area contributed by atoms with E-state index in [9.17, 15) is 4.79 Å². The first-order valence-corrected chi connectivity index (χ1v) is 11.1. The number of carbonyl (C=O) groups is 1. The molecule has 2 atom stereocenters. The predicted octanol–water partition coefficient (Wildman–Crippen LogP) is 3.72. The fraction of sp³-hybridized carbons (Fsp3) is 0.500. The van der Waals surface area contributed by atoms with E-state index >= 15 is 0 Å². The number of halogens is 1. The van der Waals surface area contributed by atoms with Gasteiger partial charge in [0.15, 0.2) is 0 Å². The molecule has 1 unspecified atom stereocenters. The number of rotatable bonds is 6. The van der Waals surface area contributed by atoms with E-state index in [2.05, 4.69) is 20.9 Å². The third-order valence-corrected chi connectivity index (χ3v) is 5.89. The molecule has 4 heterocycles. The number of pyridine rings is 2. The van der Waals surface area contributed by atoms with Gasteiger partial charge in [-0.05, 0) is 56.8 Å². The quantitative estimate of drug-likeness (QED) is 0.648. The normalized spacial score (nSPS) is 21.8. The second kappa shape index (κ2) is 10.2. The lowest BCUT2D eigenvalue weighted by Gasteiger charge is -2.23. The van der Waals surface area contributed by atoms with Crippen molar-refractivity contribution in [3.63, 3.8) is 0 Å². The second-order valence-electron chi connectivity index (χ2n) is 7.86. The number of aromatic nitrogens is 2. The van der Waals surface area contributed by atoms with Gasteiger partial charge in [0.1, 0.15) is 11.6 Å². The Hall–Kier alpha value is -2.22. The fourth-order valence-corrected chi connectivity index (χ4v) is 4.08. The van der Waals surface area contributed by atoms with Crippen LogP contribution in [0.4, 0.5) is 11.6 Å². The largest absolute Gasteiger partial charge is 0.376 e. The van der Waals surface area contributed by atoms with Gasteiger partial charge in [0.05, 0.1) is 22.7 Å². The number of piperidine rings is 1. The van der Waals surface area contributed by atoms with Crippen molar-refractivity contribution in [1.82, 2.24) is 15.3 Å². The Morgan fingerprint density at radius 3 is 2.97 bits per heavy atom. The second-order valence-corrected chi connectivity index (χ2v) is 8.27. The molecule has 0 bridgehead atoms. The van der Waals surface area contributed by atoms with Crippen LogP contribution in [0.15, 0.2) is 30.5 Å². The molecule has 2 aliphatic heterocycles. The zero-order chi connectivity index (χ0) is 20.8. The Kier molecular flexibility index (Phi) is 7.15. The molecular formula is C22H28ClN5O2. The molecule has 0 radical (unpaired) electrons. The van der Waals surface area contributed by atoms with Gasteiger partial charge in [-0.25, -0.2) is 9.97 Å². The van der Waals surface area contributed by atoms with Gasteiger partial charge >= 0.3 is 0 Å². The highest BCUT2D eigenvalue weighted by atomic mass is 35.5. The first-order valence-electron chi connectivity index (χ1n) is 10.7. The van der Waals surface area contributed by atoms with Crippen LogP contribution in [0.2, 0.25) is 5.02 Å². The van der Waals surface area contributed by atoms with Crippen molar-refractivity contribution < 1.29 is 9.53 Å². The van der Waals surface area contributed by atoms with E-state index < -0.39 is 0 Å². The van der Waals surface area contributed by atoms with E-state index in [1.165, 1.54) is 6.42 Å². The monoisotopic (exact) mass is 429 g/mol. The smallest absolute Gasteiger partial charge is 0.229 e. The van der Waals surface area contributed by atoms with Crippen molar-refractivity contribution in [2.45, 2.75) is 38.2 Å². The van der Waals surface area contributed by atoms with Gasteiger partial charge in [-0.1, -0.05) is 17.7 Å². The summed E-state index contributed by atoms with van der Waals surface area (Å²) in [6.45, 7) is 3.23. The molecule has 30 heavy (non-hydrogen) atoms. The van der Waals surface area contributed by atoms with Gasteiger partial charge < -0.3 is 20.7 Å². The molecule has 7 nitrogen and oxygen atoms in total. The summed E-state index contributed by atoms with van der Waals surface area (Å²) in [5.41, 5.74) is 1.47. The number of hydrogen-bond acceptors (Lipinski definition) is 6. The van der Waals surface area contributed by atoms with Crippen molar-refractivity contribution in [3.8, 4) is 11.3 Å². The SMILES string of the molecule is O=C(Nc1cc(-c2cccc(NC[C@H]3CCCCO3)n2)c(Cl)cn1)C1CCCNC1. The summed E-state index contributed by atoms with van der Waals surface area (Å²) in [5.74, 6) is 1.21. The van der Waals surface area contributed by atoms with E-state index in [0.29, 0.717) is 17.4 Å². The highest BCUT2D eigenvalue weighted by Gasteiger charge is 2.21. The number of hydrogen-bond donors (Lipinski definition) is 3. The fourth-order valence-electron chi connectivity index (χ4n) is 3.88. The summed E-state index contributed by atoms with van der Waals surface area (Å²) in [4.78, 5) is 21.5. The Morgan fingerprint density at radius 2 is 2.17 bits per heavy atom. The van der Waals surface area contributed by atoms with Crippen molar-refractivity contribution in [3.05, 3.63) is 35.5 Å². The minimum atomic E-state index is -0.0349. The van der Waals surface area contributed by atoms with Crippen LogP contribution in [0, 0.1) is 5.92 Å². The summed E-state index contributed by atoms with van der Waals surface area (Å²) in [5, 5.41) is 10.0. The molecule has 3 N–H and O–H groups in total. The Labute approximate surface area is 182 Å². The Bertz CT molecular complexity index is 866. The third kappa shape index (κ3) is 5.47. The van der Waals surface area contributed by atoms with Crippen molar-refractivity contribution in [2.24, 2.45) is 5.92 Å². The predicted molar refractivity (Wildman–Crippen MR) is 119 cm³/mol. The molecule has 2 aromatic heterocycles. The number of nitrogens with zero attached hydrogens (tertiary/aromatic N) is 2. The van der Waals surface area contributed by atoms with Gasteiger partial charge in [0, 0.05) is 31.5 Å². The molecule has 0 spiro atoms. The van der Waals surface area contributed by atoms with Gasteiger partial charge in [-0.15, -0.1) is 0 Å². The molecule has 4 rings (SSSR count). The highest BCUT2D eigenvalue weighted by Crippen LogP contribution is 2.29. The van der Waals surface area contributed by atoms with Gasteiger partial charge in [-0.2, -0.15) is 0 Å². The molecule has 2 fully saturated rings. The molecule has 0 aromatic carbocycles. The first kappa shape index (κ1) is 21.0. The van der Waals surface area contributed by atoms with E-state index in [-0.39, 0.29) is 17.9 Å². The number of anilines is 2. The van der Waals surface area contributed by atoms with Gasteiger partial charge in [0.2, 0.25) is 5.91 Å². The summed E-state index contributed by atoms with van der Waals surface area (Å²) in [7, 11) is 0. The van der Waals surface area contributed by atoms with Crippen LogP contribution >= 0.6 is 11.6 Å². The molecule has 8 heteroatoms. The molecule has 2 aromatic rings. The summed E-state index contributed by atoms with van der Waals surface area (Å²) < 4.78 is 5.77. The zero-order valence-corrected chi connectivity index (χ0v) is 17.8. The van der Waals surface area contributed by atoms with Crippen LogP contribution in [-0.2, 0) is 9.53 Å².